The second kappa shape index (κ2) is 5.57. The number of carbonyl (C=O) groups is 1. The largest absolute Gasteiger partial charge is 0.465 e. The maximum Gasteiger partial charge on any atom is 0.339 e. The van der Waals surface area contributed by atoms with Crippen LogP contribution in [0.3, 0.4) is 0 Å². The lowest BCUT2D eigenvalue weighted by Gasteiger charge is -2.35. The summed E-state index contributed by atoms with van der Waals surface area (Å²) in [6.45, 7) is 6.06. The number of pyridine rings is 1. The van der Waals surface area contributed by atoms with Gasteiger partial charge in [-0.1, -0.05) is 0 Å². The smallest absolute Gasteiger partial charge is 0.339 e. The summed E-state index contributed by atoms with van der Waals surface area (Å²) in [7, 11) is 1.38. The van der Waals surface area contributed by atoms with Gasteiger partial charge in [0.05, 0.1) is 18.4 Å². The lowest BCUT2D eigenvalue weighted by Crippen LogP contribution is -2.45. The van der Waals surface area contributed by atoms with Crippen LogP contribution in [0.5, 0.6) is 0 Å². The van der Waals surface area contributed by atoms with E-state index in [1.54, 1.807) is 6.07 Å². The Bertz CT molecular complexity index is 468. The first-order valence-corrected chi connectivity index (χ1v) is 6.59. The fourth-order valence-electron chi connectivity index (χ4n) is 2.37. The van der Waals surface area contributed by atoms with Gasteiger partial charge in [0.25, 0.3) is 0 Å². The van der Waals surface area contributed by atoms with Gasteiger partial charge in [0, 0.05) is 5.54 Å². The Labute approximate surface area is 113 Å². The lowest BCUT2D eigenvalue weighted by molar-refractivity contribution is 0.0599. The number of carbonyl (C=O) groups excluding carboxylic acids is 1. The van der Waals surface area contributed by atoms with Gasteiger partial charge in [-0.05, 0) is 51.9 Å². The minimum Gasteiger partial charge on any atom is -0.465 e. The number of anilines is 1. The Morgan fingerprint density at radius 3 is 2.68 bits per heavy atom. The molecule has 104 valence electrons. The molecule has 0 atom stereocenters. The predicted molar refractivity (Wildman–Crippen MR) is 74.4 cm³/mol. The van der Waals surface area contributed by atoms with E-state index >= 15 is 0 Å². The molecule has 0 unspecified atom stereocenters. The number of aryl methyl sites for hydroxylation is 1. The zero-order valence-electron chi connectivity index (χ0n) is 11.7. The van der Waals surface area contributed by atoms with E-state index in [0.29, 0.717) is 11.3 Å². The second-order valence-electron chi connectivity index (χ2n) is 5.26. The summed E-state index contributed by atoms with van der Waals surface area (Å²) >= 11 is 0. The molecule has 1 aromatic heterocycles. The number of hydrogen-bond acceptors (Lipinski definition) is 5. The highest BCUT2D eigenvalue weighted by Crippen LogP contribution is 2.23. The van der Waals surface area contributed by atoms with Crippen molar-refractivity contribution in [1.29, 1.82) is 0 Å². The van der Waals surface area contributed by atoms with Gasteiger partial charge < -0.3 is 15.4 Å². The molecule has 2 N–H and O–H groups in total. The van der Waals surface area contributed by atoms with Gasteiger partial charge in [0.15, 0.2) is 0 Å². The summed E-state index contributed by atoms with van der Waals surface area (Å²) in [4.78, 5) is 16.0. The van der Waals surface area contributed by atoms with E-state index in [1.165, 1.54) is 7.11 Å². The number of nitrogens with one attached hydrogen (secondary N) is 2. The Morgan fingerprint density at radius 2 is 2.11 bits per heavy atom. The molecule has 2 heterocycles. The first-order chi connectivity index (χ1) is 9.04. The van der Waals surface area contributed by atoms with Crippen molar-refractivity contribution in [2.24, 2.45) is 0 Å². The van der Waals surface area contributed by atoms with Crippen LogP contribution in [0.15, 0.2) is 12.1 Å². The molecule has 0 bridgehead atoms. The summed E-state index contributed by atoms with van der Waals surface area (Å²) in [6.07, 6.45) is 2.12. The van der Waals surface area contributed by atoms with E-state index in [2.05, 4.69) is 22.5 Å². The normalized spacial score (nSPS) is 17.8. The molecule has 0 radical (unpaired) electrons. The third-order valence-electron chi connectivity index (χ3n) is 3.63. The molecular weight excluding hydrogens is 242 g/mol. The highest BCUT2D eigenvalue weighted by molar-refractivity contribution is 5.90. The SMILES string of the molecule is COC(=O)c1ccc(NC2(C)CCNCC2)nc1C. The van der Waals surface area contributed by atoms with Crippen LogP contribution in [0.25, 0.3) is 0 Å². The molecule has 0 amide bonds. The lowest BCUT2D eigenvalue weighted by atomic mass is 9.90. The molecule has 5 nitrogen and oxygen atoms in total. The van der Waals surface area contributed by atoms with Gasteiger partial charge >= 0.3 is 5.97 Å². The Morgan fingerprint density at radius 1 is 1.42 bits per heavy atom. The van der Waals surface area contributed by atoms with Crippen LogP contribution in [-0.2, 0) is 4.74 Å². The summed E-state index contributed by atoms with van der Waals surface area (Å²) in [6, 6.07) is 3.60. The van der Waals surface area contributed by atoms with E-state index in [0.717, 1.165) is 31.7 Å². The van der Waals surface area contributed by atoms with Crippen molar-refractivity contribution < 1.29 is 9.53 Å². The molecule has 2 rings (SSSR count). The summed E-state index contributed by atoms with van der Waals surface area (Å²) in [5.41, 5.74) is 1.27. The molecule has 1 aromatic rings. The van der Waals surface area contributed by atoms with E-state index in [1.807, 2.05) is 13.0 Å². The quantitative estimate of drug-likeness (QED) is 0.813. The highest BCUT2D eigenvalue weighted by atomic mass is 16.5. The monoisotopic (exact) mass is 263 g/mol. The Balaban J connectivity index is 2.13. The molecule has 19 heavy (non-hydrogen) atoms. The maximum absolute atomic E-state index is 11.5. The number of aromatic nitrogens is 1. The van der Waals surface area contributed by atoms with E-state index in [4.69, 9.17) is 4.74 Å². The molecule has 5 heteroatoms. The second-order valence-corrected chi connectivity index (χ2v) is 5.26. The van der Waals surface area contributed by atoms with Crippen molar-refractivity contribution in [3.63, 3.8) is 0 Å². The number of methoxy groups -OCH3 is 1. The topological polar surface area (TPSA) is 63.2 Å². The molecule has 0 spiro atoms. The summed E-state index contributed by atoms with van der Waals surface area (Å²) < 4.78 is 4.72. The van der Waals surface area contributed by atoms with Crippen molar-refractivity contribution >= 4 is 11.8 Å². The minimum absolute atomic E-state index is 0.0669. The maximum atomic E-state index is 11.5. The molecule has 1 fully saturated rings. The minimum atomic E-state index is -0.343. The molecule has 0 aliphatic carbocycles. The van der Waals surface area contributed by atoms with Crippen LogP contribution in [-0.4, -0.2) is 36.7 Å². The van der Waals surface area contributed by atoms with E-state index in [9.17, 15) is 4.79 Å². The van der Waals surface area contributed by atoms with Crippen molar-refractivity contribution in [2.75, 3.05) is 25.5 Å². The fourth-order valence-corrected chi connectivity index (χ4v) is 2.37. The number of nitrogens with zero attached hydrogens (tertiary/aromatic N) is 1. The van der Waals surface area contributed by atoms with Gasteiger partial charge in [-0.25, -0.2) is 9.78 Å². The van der Waals surface area contributed by atoms with Gasteiger partial charge in [-0.2, -0.15) is 0 Å². The number of esters is 1. The van der Waals surface area contributed by atoms with Crippen LogP contribution < -0.4 is 10.6 Å². The first-order valence-electron chi connectivity index (χ1n) is 6.59. The zero-order chi connectivity index (χ0) is 13.9. The molecule has 0 saturated carbocycles. The van der Waals surface area contributed by atoms with Gasteiger partial charge in [-0.15, -0.1) is 0 Å². The van der Waals surface area contributed by atoms with Crippen molar-refractivity contribution in [3.8, 4) is 0 Å². The van der Waals surface area contributed by atoms with Crippen LogP contribution in [0.4, 0.5) is 5.82 Å². The average Bonchev–Trinajstić information content (AvgIpc) is 2.38. The van der Waals surface area contributed by atoms with Gasteiger partial charge in [-0.3, -0.25) is 0 Å². The predicted octanol–water partition coefficient (Wildman–Crippen LogP) is 1.73. The Kier molecular flexibility index (Phi) is 4.04. The zero-order valence-corrected chi connectivity index (χ0v) is 11.7. The first kappa shape index (κ1) is 13.8. The third kappa shape index (κ3) is 3.23. The van der Waals surface area contributed by atoms with Crippen molar-refractivity contribution in [2.45, 2.75) is 32.2 Å². The highest BCUT2D eigenvalue weighted by Gasteiger charge is 2.26. The van der Waals surface area contributed by atoms with Crippen LogP contribution in [0.2, 0.25) is 0 Å². The van der Waals surface area contributed by atoms with Gasteiger partial charge in [0.2, 0.25) is 0 Å². The summed E-state index contributed by atoms with van der Waals surface area (Å²) in [5, 5.41) is 6.83. The molecule has 1 saturated heterocycles. The number of hydrogen-bond donors (Lipinski definition) is 2. The van der Waals surface area contributed by atoms with E-state index in [-0.39, 0.29) is 11.5 Å². The molecule has 1 aliphatic rings. The Hall–Kier alpha value is -1.62. The van der Waals surface area contributed by atoms with Crippen molar-refractivity contribution in [1.82, 2.24) is 10.3 Å². The van der Waals surface area contributed by atoms with E-state index < -0.39 is 0 Å². The molecule has 1 aliphatic heterocycles. The molecule has 0 aromatic carbocycles. The fraction of sp³-hybridized carbons (Fsp3) is 0.571. The standard InChI is InChI=1S/C14H21N3O2/c1-10-11(13(18)19-3)4-5-12(16-10)17-14(2)6-8-15-9-7-14/h4-5,15H,6-9H2,1-3H3,(H,16,17). The van der Waals surface area contributed by atoms with Crippen LogP contribution in [0, 0.1) is 6.92 Å². The third-order valence-corrected chi connectivity index (χ3v) is 3.63. The number of piperidine rings is 1. The van der Waals surface area contributed by atoms with Crippen molar-refractivity contribution in [3.05, 3.63) is 23.4 Å². The number of ether oxygens (including phenoxy) is 1. The van der Waals surface area contributed by atoms with Crippen LogP contribution in [0.1, 0.15) is 35.8 Å². The van der Waals surface area contributed by atoms with Crippen LogP contribution >= 0.6 is 0 Å². The average molecular weight is 263 g/mol. The number of rotatable bonds is 3. The van der Waals surface area contributed by atoms with Gasteiger partial charge in [0.1, 0.15) is 5.82 Å². The summed E-state index contributed by atoms with van der Waals surface area (Å²) in [5.74, 6) is 0.471. The molecular formula is C14H21N3O2.